The number of halogens is 3. The van der Waals surface area contributed by atoms with Gasteiger partial charge < -0.3 is 10.2 Å². The summed E-state index contributed by atoms with van der Waals surface area (Å²) < 4.78 is 27.4. The third kappa shape index (κ3) is 9.23. The number of benzene rings is 3. The smallest absolute Gasteiger partial charge is 0.244 e. The van der Waals surface area contributed by atoms with Crippen molar-refractivity contribution in [3.05, 3.63) is 98.4 Å². The van der Waals surface area contributed by atoms with Crippen LogP contribution in [0.25, 0.3) is 0 Å². The minimum absolute atomic E-state index is 0.000864. The summed E-state index contributed by atoms with van der Waals surface area (Å²) in [5.41, 5.74) is 1.23. The first kappa shape index (κ1) is 31.9. The average Bonchev–Trinajstić information content (AvgIpc) is 2.85. The van der Waals surface area contributed by atoms with Crippen LogP contribution in [0.4, 0.5) is 5.69 Å². The van der Waals surface area contributed by atoms with Gasteiger partial charge in [-0.15, -0.1) is 0 Å². The van der Waals surface area contributed by atoms with E-state index in [1.54, 1.807) is 42.5 Å². The Hall–Kier alpha value is -2.59. The van der Waals surface area contributed by atoms with E-state index in [0.29, 0.717) is 25.8 Å². The summed E-state index contributed by atoms with van der Waals surface area (Å²) in [6, 6.07) is 20.0. The average molecular weight is 669 g/mol. The molecule has 0 heterocycles. The van der Waals surface area contributed by atoms with Gasteiger partial charge in [-0.25, -0.2) is 8.42 Å². The molecule has 0 aliphatic rings. The fourth-order valence-electron chi connectivity index (χ4n) is 4.09. The molecule has 0 saturated carbocycles. The van der Waals surface area contributed by atoms with Crippen molar-refractivity contribution in [3.8, 4) is 0 Å². The highest BCUT2D eigenvalue weighted by molar-refractivity contribution is 9.10. The van der Waals surface area contributed by atoms with Crippen molar-refractivity contribution in [1.82, 2.24) is 10.2 Å². The van der Waals surface area contributed by atoms with Crippen LogP contribution in [-0.2, 0) is 32.6 Å². The van der Waals surface area contributed by atoms with Gasteiger partial charge in [0.05, 0.1) is 22.0 Å². The van der Waals surface area contributed by atoms with Crippen LogP contribution in [0.3, 0.4) is 0 Å². The summed E-state index contributed by atoms with van der Waals surface area (Å²) in [6.07, 6.45) is 1.25. The molecule has 0 radical (unpaired) electrons. The number of rotatable bonds is 10. The molecule has 214 valence electrons. The van der Waals surface area contributed by atoms with Crippen molar-refractivity contribution < 1.29 is 18.0 Å². The van der Waals surface area contributed by atoms with Crippen LogP contribution in [0.1, 0.15) is 31.9 Å². The maximum Gasteiger partial charge on any atom is 0.244 e. The molecule has 3 aromatic carbocycles. The zero-order valence-electron chi connectivity index (χ0n) is 22.7. The predicted molar refractivity (Wildman–Crippen MR) is 165 cm³/mol. The van der Waals surface area contributed by atoms with Crippen LogP contribution in [0.2, 0.25) is 10.0 Å². The van der Waals surface area contributed by atoms with Crippen LogP contribution < -0.4 is 9.62 Å². The number of nitrogens with one attached hydrogen (secondary N) is 1. The number of amides is 2. The largest absolute Gasteiger partial charge is 0.350 e. The Kier molecular flexibility index (Phi) is 10.7. The molecule has 0 fully saturated rings. The summed E-state index contributed by atoms with van der Waals surface area (Å²) in [6.45, 7) is 5.06. The van der Waals surface area contributed by atoms with Crippen molar-refractivity contribution in [2.45, 2.75) is 45.3 Å². The van der Waals surface area contributed by atoms with Gasteiger partial charge in [-0.1, -0.05) is 81.6 Å². The number of nitrogens with zero attached hydrogens (tertiary/aromatic N) is 2. The van der Waals surface area contributed by atoms with Gasteiger partial charge >= 0.3 is 0 Å². The molecule has 1 N–H and O–H groups in total. The van der Waals surface area contributed by atoms with E-state index >= 15 is 0 Å². The highest BCUT2D eigenvalue weighted by Crippen LogP contribution is 2.26. The fraction of sp³-hybridized carbons (Fsp3) is 0.310. The van der Waals surface area contributed by atoms with Crippen LogP contribution in [0.15, 0.2) is 77.3 Å². The van der Waals surface area contributed by atoms with Crippen molar-refractivity contribution in [1.29, 1.82) is 0 Å². The van der Waals surface area contributed by atoms with Crippen LogP contribution >= 0.6 is 39.1 Å². The van der Waals surface area contributed by atoms with E-state index in [0.717, 1.165) is 16.1 Å². The molecular weight excluding hydrogens is 637 g/mol. The maximum atomic E-state index is 14.1. The number of hydrogen-bond donors (Lipinski definition) is 1. The molecule has 1 atom stereocenters. The second-order valence-electron chi connectivity index (χ2n) is 10.5. The van der Waals surface area contributed by atoms with E-state index in [-0.39, 0.29) is 18.9 Å². The lowest BCUT2D eigenvalue weighted by Crippen LogP contribution is -2.56. The van der Waals surface area contributed by atoms with Crippen molar-refractivity contribution >= 4 is 66.7 Å². The number of carbonyl (C=O) groups excluding carboxylic acids is 2. The van der Waals surface area contributed by atoms with Crippen LogP contribution in [0, 0.1) is 0 Å². The lowest BCUT2D eigenvalue weighted by atomic mass is 10.0. The van der Waals surface area contributed by atoms with E-state index in [1.807, 2.05) is 51.1 Å². The summed E-state index contributed by atoms with van der Waals surface area (Å²) >= 11 is 15.8. The molecule has 40 heavy (non-hydrogen) atoms. The zero-order chi connectivity index (χ0) is 29.7. The highest BCUT2D eigenvalue weighted by Gasteiger charge is 2.34. The molecule has 0 saturated heterocycles. The highest BCUT2D eigenvalue weighted by atomic mass is 79.9. The Labute approximate surface area is 254 Å². The first-order valence-electron chi connectivity index (χ1n) is 12.5. The number of sulfonamides is 1. The van der Waals surface area contributed by atoms with Gasteiger partial charge in [0.1, 0.15) is 12.6 Å². The van der Waals surface area contributed by atoms with E-state index in [2.05, 4.69) is 21.2 Å². The number of anilines is 1. The Morgan fingerprint density at radius 2 is 1.60 bits per heavy atom. The lowest BCUT2D eigenvalue weighted by molar-refractivity contribution is -0.140. The molecule has 0 aliphatic heterocycles. The predicted octanol–water partition coefficient (Wildman–Crippen LogP) is 6.08. The van der Waals surface area contributed by atoms with Crippen LogP contribution in [0.5, 0.6) is 0 Å². The Morgan fingerprint density at radius 1 is 0.925 bits per heavy atom. The molecule has 0 bridgehead atoms. The molecule has 1 unspecified atom stereocenters. The minimum Gasteiger partial charge on any atom is -0.350 e. The first-order valence-corrected chi connectivity index (χ1v) is 15.9. The van der Waals surface area contributed by atoms with Gasteiger partial charge in [0.15, 0.2) is 0 Å². The van der Waals surface area contributed by atoms with E-state index in [1.165, 1.54) is 4.90 Å². The second kappa shape index (κ2) is 13.4. The summed E-state index contributed by atoms with van der Waals surface area (Å²) in [5.74, 6) is -0.917. The Balaban J connectivity index is 2.09. The molecule has 0 aliphatic carbocycles. The second-order valence-corrected chi connectivity index (χ2v) is 14.1. The molecule has 7 nitrogen and oxygen atoms in total. The summed E-state index contributed by atoms with van der Waals surface area (Å²) in [5, 5.41) is 3.64. The van der Waals surface area contributed by atoms with Crippen molar-refractivity contribution in [3.63, 3.8) is 0 Å². The normalized spacial score (nSPS) is 12.5. The first-order chi connectivity index (χ1) is 18.6. The fourth-order valence-corrected chi connectivity index (χ4v) is 5.64. The minimum atomic E-state index is -3.86. The van der Waals surface area contributed by atoms with Gasteiger partial charge in [0.2, 0.25) is 21.8 Å². The molecular formula is C29H32BrCl2N3O4S. The monoisotopic (exact) mass is 667 g/mol. The molecule has 0 aromatic heterocycles. The molecule has 3 rings (SSSR count). The molecule has 2 amide bonds. The maximum absolute atomic E-state index is 14.1. The third-order valence-corrected chi connectivity index (χ3v) is 8.25. The number of carbonyl (C=O) groups is 2. The van der Waals surface area contributed by atoms with Gasteiger partial charge in [-0.05, 0) is 62.2 Å². The molecule has 11 heteroatoms. The van der Waals surface area contributed by atoms with Gasteiger partial charge in [-0.3, -0.25) is 13.9 Å². The van der Waals surface area contributed by atoms with Crippen molar-refractivity contribution in [2.75, 3.05) is 17.1 Å². The lowest BCUT2D eigenvalue weighted by Gasteiger charge is -2.35. The van der Waals surface area contributed by atoms with E-state index < -0.39 is 34.1 Å². The Morgan fingerprint density at radius 3 is 2.17 bits per heavy atom. The van der Waals surface area contributed by atoms with Gasteiger partial charge in [0, 0.05) is 23.0 Å². The topological polar surface area (TPSA) is 86.8 Å². The third-order valence-electron chi connectivity index (χ3n) is 5.88. The SMILES string of the molecule is CC(C)(C)NC(=O)C(Cc1ccccc1)N(Cc1ccc(Cl)c(Cl)c1)C(=O)CN(c1cccc(Br)c1)S(C)(=O)=O. The van der Waals surface area contributed by atoms with E-state index in [9.17, 15) is 18.0 Å². The quantitative estimate of drug-likeness (QED) is 0.284. The summed E-state index contributed by atoms with van der Waals surface area (Å²) in [7, 11) is -3.86. The number of hydrogen-bond acceptors (Lipinski definition) is 4. The molecule has 3 aromatic rings. The van der Waals surface area contributed by atoms with Gasteiger partial charge in [0.25, 0.3) is 0 Å². The molecule has 0 spiro atoms. The Bertz CT molecular complexity index is 1460. The van der Waals surface area contributed by atoms with Gasteiger partial charge in [-0.2, -0.15) is 0 Å². The van der Waals surface area contributed by atoms with E-state index in [4.69, 9.17) is 23.2 Å². The van der Waals surface area contributed by atoms with Crippen LogP contribution in [-0.4, -0.2) is 49.5 Å². The standard InChI is InChI=1S/C29H32BrCl2N3O4S/c1-29(2,3)33-28(37)26(16-20-9-6-5-7-10-20)34(18-21-13-14-24(31)25(32)15-21)27(36)19-35(40(4,38)39)23-12-8-11-22(30)17-23/h5-15,17,26H,16,18-19H2,1-4H3,(H,33,37). The summed E-state index contributed by atoms with van der Waals surface area (Å²) in [4.78, 5) is 29.2. The zero-order valence-corrected chi connectivity index (χ0v) is 26.6. The van der Waals surface area contributed by atoms with Crippen molar-refractivity contribution in [2.24, 2.45) is 0 Å².